The third-order valence-electron chi connectivity index (χ3n) is 1.84. The number of aliphatic hydroxyl groups excluding tert-OH is 2. The minimum Gasteiger partial charge on any atom is -0.479 e. The van der Waals surface area contributed by atoms with Crippen LogP contribution in [0, 0.1) is 0 Å². The molecule has 0 fully saturated rings. The molecule has 0 saturated carbocycles. The van der Waals surface area contributed by atoms with Crippen molar-refractivity contribution in [3.8, 4) is 0 Å². The normalized spacial score (nSPS) is 17.1. The predicted molar refractivity (Wildman–Crippen MR) is 43.7 cm³/mol. The first-order valence-electron chi connectivity index (χ1n) is 3.94. The number of aliphatic hydroxyl groups is 4. The van der Waals surface area contributed by atoms with Crippen LogP contribution in [0.4, 0.5) is 0 Å². The molecule has 15 heavy (non-hydrogen) atoms. The van der Waals surface area contributed by atoms with E-state index in [0.717, 1.165) is 0 Å². The van der Waals surface area contributed by atoms with E-state index < -0.39 is 42.8 Å². The predicted octanol–water partition coefficient (Wildman–Crippen LogP) is -2.66. The van der Waals surface area contributed by atoms with E-state index in [-0.39, 0.29) is 0 Å². The molecule has 0 heterocycles. The minimum atomic E-state index is -2.93. The molecule has 6 N–H and O–H groups in total. The summed E-state index contributed by atoms with van der Waals surface area (Å²) in [7, 11) is 0. The number of hydrogen-bond acceptors (Lipinski definition) is 6. The second-order valence-electron chi connectivity index (χ2n) is 2.99. The van der Waals surface area contributed by atoms with Crippen molar-refractivity contribution in [1.29, 1.82) is 0 Å². The first kappa shape index (κ1) is 13.8. The van der Waals surface area contributed by atoms with Gasteiger partial charge in [0.15, 0.2) is 18.0 Å². The van der Waals surface area contributed by atoms with E-state index in [4.69, 9.17) is 25.5 Å². The van der Waals surface area contributed by atoms with Gasteiger partial charge in [-0.25, -0.2) is 9.59 Å². The fourth-order valence-corrected chi connectivity index (χ4v) is 0.914. The number of rotatable bonds is 6. The van der Waals surface area contributed by atoms with Gasteiger partial charge in [-0.05, 0) is 6.42 Å². The highest BCUT2D eigenvalue weighted by molar-refractivity contribution is 5.87. The highest BCUT2D eigenvalue weighted by atomic mass is 16.5. The van der Waals surface area contributed by atoms with E-state index in [9.17, 15) is 14.7 Å². The summed E-state index contributed by atoms with van der Waals surface area (Å²) in [5.74, 6) is -3.86. The molecule has 88 valence electrons. The largest absolute Gasteiger partial charge is 0.479 e. The summed E-state index contributed by atoms with van der Waals surface area (Å²) < 4.78 is 0. The van der Waals surface area contributed by atoms with Crippen LogP contribution in [-0.4, -0.2) is 60.6 Å². The summed E-state index contributed by atoms with van der Waals surface area (Å²) in [5, 5.41) is 52.0. The molecule has 0 aliphatic rings. The lowest BCUT2D eigenvalue weighted by atomic mass is 9.91. The molecule has 8 nitrogen and oxygen atoms in total. The van der Waals surface area contributed by atoms with Crippen molar-refractivity contribution in [2.75, 3.05) is 0 Å². The minimum absolute atomic E-state index is 0.576. The van der Waals surface area contributed by atoms with Gasteiger partial charge in [0.1, 0.15) is 0 Å². The molecule has 0 radical (unpaired) electrons. The molecule has 2 atom stereocenters. The fraction of sp³-hybridized carbons (Fsp3) is 0.714. The maximum atomic E-state index is 10.5. The molecule has 0 amide bonds. The zero-order chi connectivity index (χ0) is 12.2. The number of aliphatic carboxylic acids is 2. The quantitative estimate of drug-likeness (QED) is 0.267. The fourth-order valence-electron chi connectivity index (χ4n) is 0.914. The SMILES string of the molecule is O=C(O)C(O)C(O)(CCC(O)O)C(=O)O. The lowest BCUT2D eigenvalue weighted by Gasteiger charge is -2.26. The number of carbonyl (C=O) groups is 2. The Kier molecular flexibility index (Phi) is 4.62. The Balaban J connectivity index is 4.74. The summed E-state index contributed by atoms with van der Waals surface area (Å²) in [6.07, 6.45) is -5.80. The molecule has 0 aliphatic heterocycles. The molecule has 2 unspecified atom stereocenters. The van der Waals surface area contributed by atoms with Gasteiger partial charge < -0.3 is 30.6 Å². The molecule has 0 aromatic rings. The molecule has 0 aliphatic carbocycles. The highest BCUT2D eigenvalue weighted by Crippen LogP contribution is 2.19. The summed E-state index contributed by atoms with van der Waals surface area (Å²) in [4.78, 5) is 20.8. The van der Waals surface area contributed by atoms with Crippen molar-refractivity contribution in [2.45, 2.75) is 30.8 Å². The Labute approximate surface area is 84.0 Å². The number of carboxylic acids is 2. The Morgan fingerprint density at radius 3 is 1.87 bits per heavy atom. The van der Waals surface area contributed by atoms with E-state index in [1.807, 2.05) is 0 Å². The topological polar surface area (TPSA) is 156 Å². The average molecular weight is 224 g/mol. The molecule has 0 saturated heterocycles. The molecular formula is C7H12O8. The van der Waals surface area contributed by atoms with Crippen LogP contribution in [-0.2, 0) is 9.59 Å². The summed E-state index contributed by atoms with van der Waals surface area (Å²) in [6, 6.07) is 0. The lowest BCUT2D eigenvalue weighted by molar-refractivity contribution is -0.186. The maximum absolute atomic E-state index is 10.5. The van der Waals surface area contributed by atoms with Crippen LogP contribution in [0.25, 0.3) is 0 Å². The first-order valence-corrected chi connectivity index (χ1v) is 3.94. The smallest absolute Gasteiger partial charge is 0.339 e. The van der Waals surface area contributed by atoms with E-state index in [2.05, 4.69) is 0 Å². The number of hydrogen-bond donors (Lipinski definition) is 6. The van der Waals surface area contributed by atoms with Gasteiger partial charge in [-0.2, -0.15) is 0 Å². The zero-order valence-electron chi connectivity index (χ0n) is 7.57. The van der Waals surface area contributed by atoms with Gasteiger partial charge in [0.25, 0.3) is 0 Å². The molecule has 0 aromatic heterocycles. The van der Waals surface area contributed by atoms with Gasteiger partial charge in [-0.3, -0.25) is 0 Å². The van der Waals surface area contributed by atoms with Gasteiger partial charge in [-0.15, -0.1) is 0 Å². The van der Waals surface area contributed by atoms with Crippen LogP contribution in [0.3, 0.4) is 0 Å². The molecule has 8 heteroatoms. The van der Waals surface area contributed by atoms with E-state index in [1.165, 1.54) is 0 Å². The standard InChI is InChI=1S/C7H12O8/c8-3(9)1-2-7(15,6(13)14)4(10)5(11)12/h3-4,8-10,15H,1-2H2,(H,11,12)(H,13,14). The van der Waals surface area contributed by atoms with Crippen molar-refractivity contribution < 1.29 is 40.2 Å². The van der Waals surface area contributed by atoms with E-state index >= 15 is 0 Å². The zero-order valence-corrected chi connectivity index (χ0v) is 7.57. The Hall–Kier alpha value is -1.22. The lowest BCUT2D eigenvalue weighted by Crippen LogP contribution is -2.53. The van der Waals surface area contributed by atoms with Gasteiger partial charge in [0.2, 0.25) is 0 Å². The Morgan fingerprint density at radius 2 is 1.60 bits per heavy atom. The third kappa shape index (κ3) is 3.44. The van der Waals surface area contributed by atoms with Crippen LogP contribution in [0.2, 0.25) is 0 Å². The van der Waals surface area contributed by atoms with Crippen LogP contribution < -0.4 is 0 Å². The van der Waals surface area contributed by atoms with Crippen LogP contribution >= 0.6 is 0 Å². The molecule has 0 bridgehead atoms. The van der Waals surface area contributed by atoms with Crippen LogP contribution in [0.15, 0.2) is 0 Å². The molecular weight excluding hydrogens is 212 g/mol. The maximum Gasteiger partial charge on any atom is 0.339 e. The first-order chi connectivity index (χ1) is 6.71. The Morgan fingerprint density at radius 1 is 1.13 bits per heavy atom. The van der Waals surface area contributed by atoms with Crippen molar-refractivity contribution in [2.24, 2.45) is 0 Å². The third-order valence-corrected chi connectivity index (χ3v) is 1.84. The van der Waals surface area contributed by atoms with Crippen molar-refractivity contribution in [3.63, 3.8) is 0 Å². The Bertz CT molecular complexity index is 249. The van der Waals surface area contributed by atoms with Gasteiger partial charge in [0, 0.05) is 6.42 Å². The van der Waals surface area contributed by atoms with Crippen LogP contribution in [0.5, 0.6) is 0 Å². The van der Waals surface area contributed by atoms with Crippen LogP contribution in [0.1, 0.15) is 12.8 Å². The molecule has 0 aromatic carbocycles. The van der Waals surface area contributed by atoms with Crippen molar-refractivity contribution >= 4 is 11.9 Å². The molecule has 0 spiro atoms. The summed E-state index contributed by atoms with van der Waals surface area (Å²) in [5.41, 5.74) is -2.93. The van der Waals surface area contributed by atoms with Gasteiger partial charge in [-0.1, -0.05) is 0 Å². The molecule has 0 rings (SSSR count). The van der Waals surface area contributed by atoms with E-state index in [0.29, 0.717) is 0 Å². The second kappa shape index (κ2) is 5.03. The summed E-state index contributed by atoms with van der Waals surface area (Å²) >= 11 is 0. The van der Waals surface area contributed by atoms with Gasteiger partial charge >= 0.3 is 11.9 Å². The monoisotopic (exact) mass is 224 g/mol. The average Bonchev–Trinajstić information content (AvgIpc) is 2.12. The summed E-state index contributed by atoms with van der Waals surface area (Å²) in [6.45, 7) is 0. The van der Waals surface area contributed by atoms with Gasteiger partial charge in [0.05, 0.1) is 0 Å². The highest BCUT2D eigenvalue weighted by Gasteiger charge is 2.47. The number of carboxylic acid groups (broad SMARTS) is 2. The van der Waals surface area contributed by atoms with Crippen molar-refractivity contribution in [3.05, 3.63) is 0 Å². The van der Waals surface area contributed by atoms with Crippen molar-refractivity contribution in [1.82, 2.24) is 0 Å². The van der Waals surface area contributed by atoms with E-state index in [1.54, 1.807) is 0 Å². The second-order valence-corrected chi connectivity index (χ2v) is 2.99.